The van der Waals surface area contributed by atoms with Crippen molar-refractivity contribution >= 4 is 27.8 Å². The molecule has 0 aliphatic heterocycles. The minimum Gasteiger partial charge on any atom is -0.480 e. The molecular weight excluding hydrogens is 312 g/mol. The van der Waals surface area contributed by atoms with Crippen LogP contribution in [0.15, 0.2) is 28.7 Å². The molecule has 0 bridgehead atoms. The van der Waals surface area contributed by atoms with Crippen LogP contribution in [0.1, 0.15) is 25.5 Å². The summed E-state index contributed by atoms with van der Waals surface area (Å²) < 4.78 is 0.968. The Labute approximate surface area is 120 Å². The maximum Gasteiger partial charge on any atom is 0.327 e. The fraction of sp³-hybridized carbons (Fsp3) is 0.385. The molecule has 3 N–H and O–H groups in total. The van der Waals surface area contributed by atoms with Crippen LogP contribution in [-0.4, -0.2) is 29.6 Å². The molecular formula is C13H17BrN2O3. The molecule has 0 aliphatic carbocycles. The molecule has 0 fully saturated rings. The number of rotatable bonds is 6. The summed E-state index contributed by atoms with van der Waals surface area (Å²) in [7, 11) is 0. The summed E-state index contributed by atoms with van der Waals surface area (Å²) in [5.41, 5.74) is 1.04. The SMILES string of the molecule is CC(=O)NC(CN[C@H](C)c1cccc(Br)c1)C(=O)O. The normalized spacial score (nSPS) is 13.6. The van der Waals surface area contributed by atoms with E-state index in [1.54, 1.807) is 0 Å². The van der Waals surface area contributed by atoms with E-state index < -0.39 is 12.0 Å². The Morgan fingerprint density at radius 3 is 2.63 bits per heavy atom. The molecule has 0 heterocycles. The molecule has 5 nitrogen and oxygen atoms in total. The van der Waals surface area contributed by atoms with Crippen molar-refractivity contribution in [3.63, 3.8) is 0 Å². The van der Waals surface area contributed by atoms with Gasteiger partial charge in [-0.1, -0.05) is 28.1 Å². The molecule has 0 radical (unpaired) electrons. The molecule has 1 unspecified atom stereocenters. The average molecular weight is 329 g/mol. The van der Waals surface area contributed by atoms with Crippen LogP contribution in [-0.2, 0) is 9.59 Å². The molecule has 1 rings (SSSR count). The van der Waals surface area contributed by atoms with Gasteiger partial charge in [-0.05, 0) is 24.6 Å². The first kappa shape index (κ1) is 15.7. The van der Waals surface area contributed by atoms with Crippen LogP contribution in [0.2, 0.25) is 0 Å². The highest BCUT2D eigenvalue weighted by atomic mass is 79.9. The number of carbonyl (C=O) groups is 2. The lowest BCUT2D eigenvalue weighted by molar-refractivity contribution is -0.141. The first-order valence-electron chi connectivity index (χ1n) is 5.89. The summed E-state index contributed by atoms with van der Waals surface area (Å²) in [6, 6.07) is 6.83. The number of benzene rings is 1. The maximum absolute atomic E-state index is 11.0. The molecule has 104 valence electrons. The zero-order valence-electron chi connectivity index (χ0n) is 10.8. The molecule has 0 aromatic heterocycles. The van der Waals surface area contributed by atoms with E-state index in [0.29, 0.717) is 0 Å². The van der Waals surface area contributed by atoms with Gasteiger partial charge < -0.3 is 15.7 Å². The van der Waals surface area contributed by atoms with Crippen LogP contribution >= 0.6 is 15.9 Å². The van der Waals surface area contributed by atoms with Gasteiger partial charge in [0.15, 0.2) is 0 Å². The second-order valence-corrected chi connectivity index (χ2v) is 5.19. The number of carbonyl (C=O) groups excluding carboxylic acids is 1. The Morgan fingerprint density at radius 2 is 2.11 bits per heavy atom. The smallest absolute Gasteiger partial charge is 0.327 e. The van der Waals surface area contributed by atoms with Crippen LogP contribution in [0.3, 0.4) is 0 Å². The van der Waals surface area contributed by atoms with Crippen LogP contribution in [0.25, 0.3) is 0 Å². The predicted molar refractivity (Wildman–Crippen MR) is 75.8 cm³/mol. The largest absolute Gasteiger partial charge is 0.480 e. The molecule has 0 spiro atoms. The topological polar surface area (TPSA) is 78.4 Å². The first-order chi connectivity index (χ1) is 8.90. The van der Waals surface area contributed by atoms with Crippen molar-refractivity contribution in [1.82, 2.24) is 10.6 Å². The van der Waals surface area contributed by atoms with E-state index >= 15 is 0 Å². The van der Waals surface area contributed by atoms with Gasteiger partial charge >= 0.3 is 5.97 Å². The molecule has 1 amide bonds. The fourth-order valence-electron chi connectivity index (χ4n) is 1.63. The van der Waals surface area contributed by atoms with E-state index in [1.165, 1.54) is 6.92 Å². The lowest BCUT2D eigenvalue weighted by Crippen LogP contribution is -2.46. The summed E-state index contributed by atoms with van der Waals surface area (Å²) in [5.74, 6) is -1.41. The van der Waals surface area contributed by atoms with Crippen molar-refractivity contribution in [3.8, 4) is 0 Å². The van der Waals surface area contributed by atoms with Crippen molar-refractivity contribution in [1.29, 1.82) is 0 Å². The highest BCUT2D eigenvalue weighted by Crippen LogP contribution is 2.17. The molecule has 6 heteroatoms. The second kappa shape index (κ2) is 7.25. The van der Waals surface area contributed by atoms with Gasteiger partial charge in [-0.15, -0.1) is 0 Å². The Balaban J connectivity index is 2.59. The van der Waals surface area contributed by atoms with E-state index in [9.17, 15) is 9.59 Å². The second-order valence-electron chi connectivity index (χ2n) is 4.28. The number of aliphatic carboxylic acids is 1. The third kappa shape index (κ3) is 5.40. The average Bonchev–Trinajstić information content (AvgIpc) is 2.33. The van der Waals surface area contributed by atoms with Gasteiger partial charge in [-0.25, -0.2) is 4.79 Å². The molecule has 0 saturated heterocycles. The minimum absolute atomic E-state index is 0.00638. The van der Waals surface area contributed by atoms with Crippen LogP contribution in [0.4, 0.5) is 0 Å². The molecule has 1 aromatic rings. The van der Waals surface area contributed by atoms with Crippen LogP contribution in [0, 0.1) is 0 Å². The highest BCUT2D eigenvalue weighted by Gasteiger charge is 2.19. The number of halogens is 1. The van der Waals surface area contributed by atoms with Gasteiger partial charge in [0.05, 0.1) is 0 Å². The maximum atomic E-state index is 11.0. The zero-order valence-corrected chi connectivity index (χ0v) is 12.4. The van der Waals surface area contributed by atoms with Crippen LogP contribution in [0.5, 0.6) is 0 Å². The van der Waals surface area contributed by atoms with Crippen molar-refractivity contribution in [3.05, 3.63) is 34.3 Å². The Bertz CT molecular complexity index is 465. The summed E-state index contributed by atoms with van der Waals surface area (Å²) in [6.45, 7) is 3.41. The van der Waals surface area contributed by atoms with Gasteiger partial charge in [-0.2, -0.15) is 0 Å². The molecule has 19 heavy (non-hydrogen) atoms. The van der Waals surface area contributed by atoms with Crippen molar-refractivity contribution < 1.29 is 14.7 Å². The van der Waals surface area contributed by atoms with E-state index in [1.807, 2.05) is 31.2 Å². The first-order valence-corrected chi connectivity index (χ1v) is 6.68. The summed E-state index contributed by atoms with van der Waals surface area (Å²) in [5, 5.41) is 14.5. The van der Waals surface area contributed by atoms with Gasteiger partial charge in [0, 0.05) is 24.0 Å². The van der Waals surface area contributed by atoms with Gasteiger partial charge in [0.2, 0.25) is 5.91 Å². The number of amides is 1. The summed E-state index contributed by atoms with van der Waals surface area (Å²) in [4.78, 5) is 21.9. The van der Waals surface area contributed by atoms with E-state index in [-0.39, 0.29) is 18.5 Å². The predicted octanol–water partition coefficient (Wildman–Crippen LogP) is 1.69. The van der Waals surface area contributed by atoms with E-state index in [0.717, 1.165) is 10.0 Å². The highest BCUT2D eigenvalue weighted by molar-refractivity contribution is 9.10. The van der Waals surface area contributed by atoms with E-state index in [2.05, 4.69) is 26.6 Å². The number of nitrogens with one attached hydrogen (secondary N) is 2. The third-order valence-corrected chi connectivity index (χ3v) is 3.15. The van der Waals surface area contributed by atoms with Gasteiger partial charge in [-0.3, -0.25) is 4.79 Å². The number of hydrogen-bond acceptors (Lipinski definition) is 3. The number of carboxylic acid groups (broad SMARTS) is 1. The van der Waals surface area contributed by atoms with Crippen molar-refractivity contribution in [2.45, 2.75) is 25.9 Å². The van der Waals surface area contributed by atoms with Crippen LogP contribution < -0.4 is 10.6 Å². The minimum atomic E-state index is -1.05. The zero-order chi connectivity index (χ0) is 14.4. The Kier molecular flexibility index (Phi) is 5.98. The summed E-state index contributed by atoms with van der Waals surface area (Å²) >= 11 is 3.39. The fourth-order valence-corrected chi connectivity index (χ4v) is 2.05. The van der Waals surface area contributed by atoms with Gasteiger partial charge in [0.25, 0.3) is 0 Å². The quantitative estimate of drug-likeness (QED) is 0.742. The number of hydrogen-bond donors (Lipinski definition) is 3. The molecule has 0 saturated carbocycles. The third-order valence-electron chi connectivity index (χ3n) is 2.65. The monoisotopic (exact) mass is 328 g/mol. The Morgan fingerprint density at radius 1 is 1.42 bits per heavy atom. The Hall–Kier alpha value is -1.40. The summed E-state index contributed by atoms with van der Waals surface area (Å²) in [6.07, 6.45) is 0. The van der Waals surface area contributed by atoms with Gasteiger partial charge in [0.1, 0.15) is 6.04 Å². The van der Waals surface area contributed by atoms with Crippen molar-refractivity contribution in [2.24, 2.45) is 0 Å². The van der Waals surface area contributed by atoms with Crippen molar-refractivity contribution in [2.75, 3.05) is 6.54 Å². The lowest BCUT2D eigenvalue weighted by atomic mass is 10.1. The molecule has 0 aliphatic rings. The standard InChI is InChI=1S/C13H17BrN2O3/c1-8(10-4-3-5-11(14)6-10)15-7-12(13(18)19)16-9(2)17/h3-6,8,12,15H,7H2,1-2H3,(H,16,17)(H,18,19)/t8-,12?/m1/s1. The molecule has 1 aromatic carbocycles. The number of carboxylic acids is 1. The molecule has 2 atom stereocenters. The van der Waals surface area contributed by atoms with E-state index in [4.69, 9.17) is 5.11 Å². The lowest BCUT2D eigenvalue weighted by Gasteiger charge is -2.19.